The summed E-state index contributed by atoms with van der Waals surface area (Å²) in [4.78, 5) is 7.37. The van der Waals surface area contributed by atoms with Crippen molar-refractivity contribution in [2.24, 2.45) is 7.05 Å². The molecule has 4 heteroatoms. The summed E-state index contributed by atoms with van der Waals surface area (Å²) >= 11 is 0. The number of fused-ring (bicyclic) bond motifs is 1. The number of nitrogens with one attached hydrogen (secondary N) is 1. The Labute approximate surface area is 149 Å². The van der Waals surface area contributed by atoms with Crippen LogP contribution in [0.15, 0.2) is 54.6 Å². The zero-order chi connectivity index (χ0) is 17.2. The quantitative estimate of drug-likeness (QED) is 0.794. The van der Waals surface area contributed by atoms with E-state index in [2.05, 4.69) is 83.5 Å². The molecule has 25 heavy (non-hydrogen) atoms. The highest BCUT2D eigenvalue weighted by Gasteiger charge is 2.25. The third-order valence-corrected chi connectivity index (χ3v) is 5.33. The molecule has 1 unspecified atom stereocenters. The second kappa shape index (κ2) is 6.98. The first-order valence-electron chi connectivity index (χ1n) is 9.13. The molecule has 1 atom stereocenters. The van der Waals surface area contributed by atoms with E-state index in [1.165, 1.54) is 23.9 Å². The summed E-state index contributed by atoms with van der Waals surface area (Å²) in [5.74, 6) is 1.09. The first-order chi connectivity index (χ1) is 12.2. The fourth-order valence-corrected chi connectivity index (χ4v) is 3.80. The van der Waals surface area contributed by atoms with Gasteiger partial charge in [0.1, 0.15) is 5.82 Å². The van der Waals surface area contributed by atoms with Gasteiger partial charge in [0.2, 0.25) is 0 Å². The van der Waals surface area contributed by atoms with Crippen LogP contribution in [0.5, 0.6) is 0 Å². The lowest BCUT2D eigenvalue weighted by Crippen LogP contribution is -2.43. The van der Waals surface area contributed by atoms with Crippen LogP contribution in [0.2, 0.25) is 0 Å². The Kier molecular flexibility index (Phi) is 4.55. The standard InChI is InChI=1S/C21H26N4/c1-24-14-12-17(13-15-24)22-20(16-8-4-3-5-9-16)21-23-18-10-6-7-11-19(18)25(21)2/h3-11,17,20,22H,12-15H2,1-2H3. The predicted octanol–water partition coefficient (Wildman–Crippen LogP) is 3.35. The number of hydrogen-bond donors (Lipinski definition) is 1. The fraction of sp³-hybridized carbons (Fsp3) is 0.381. The van der Waals surface area contributed by atoms with E-state index < -0.39 is 0 Å². The Morgan fingerprint density at radius 3 is 2.36 bits per heavy atom. The molecule has 1 aliphatic rings. The Hall–Kier alpha value is -2.17. The normalized spacial score (nSPS) is 17.8. The number of para-hydroxylation sites is 2. The summed E-state index contributed by atoms with van der Waals surface area (Å²) in [6, 6.07) is 19.7. The molecule has 1 aromatic heterocycles. The lowest BCUT2D eigenvalue weighted by Gasteiger charge is -2.32. The topological polar surface area (TPSA) is 33.1 Å². The van der Waals surface area contributed by atoms with Crippen molar-refractivity contribution in [3.05, 3.63) is 66.0 Å². The third kappa shape index (κ3) is 3.32. The maximum absolute atomic E-state index is 4.96. The minimum absolute atomic E-state index is 0.118. The third-order valence-electron chi connectivity index (χ3n) is 5.33. The smallest absolute Gasteiger partial charge is 0.131 e. The Bertz CT molecular complexity index is 831. The van der Waals surface area contributed by atoms with E-state index in [0.29, 0.717) is 6.04 Å². The number of rotatable bonds is 4. The average Bonchev–Trinajstić information content (AvgIpc) is 2.99. The number of hydrogen-bond acceptors (Lipinski definition) is 3. The molecule has 4 nitrogen and oxygen atoms in total. The van der Waals surface area contributed by atoms with Crippen LogP contribution in [0.4, 0.5) is 0 Å². The highest BCUT2D eigenvalue weighted by molar-refractivity contribution is 5.76. The number of imidazole rings is 1. The molecule has 0 saturated carbocycles. The molecule has 1 aliphatic heterocycles. The summed E-state index contributed by atoms with van der Waals surface area (Å²) < 4.78 is 2.23. The molecule has 2 heterocycles. The van der Waals surface area contributed by atoms with Crippen LogP contribution in [0.3, 0.4) is 0 Å². The van der Waals surface area contributed by atoms with E-state index in [9.17, 15) is 0 Å². The maximum Gasteiger partial charge on any atom is 0.131 e. The van der Waals surface area contributed by atoms with Gasteiger partial charge in [0, 0.05) is 13.1 Å². The van der Waals surface area contributed by atoms with Crippen molar-refractivity contribution in [1.82, 2.24) is 19.8 Å². The molecule has 1 fully saturated rings. The Morgan fingerprint density at radius 2 is 1.64 bits per heavy atom. The zero-order valence-corrected chi connectivity index (χ0v) is 15.0. The number of piperidine rings is 1. The number of benzene rings is 2. The van der Waals surface area contributed by atoms with Gasteiger partial charge in [0.25, 0.3) is 0 Å². The van der Waals surface area contributed by atoms with Crippen LogP contribution in [-0.2, 0) is 7.05 Å². The highest BCUT2D eigenvalue weighted by atomic mass is 15.1. The van der Waals surface area contributed by atoms with E-state index in [0.717, 1.165) is 24.4 Å². The monoisotopic (exact) mass is 334 g/mol. The molecule has 3 aromatic rings. The Balaban J connectivity index is 1.70. The largest absolute Gasteiger partial charge is 0.330 e. The van der Waals surface area contributed by atoms with Gasteiger partial charge in [-0.3, -0.25) is 0 Å². The van der Waals surface area contributed by atoms with Crippen molar-refractivity contribution in [3.63, 3.8) is 0 Å². The van der Waals surface area contributed by atoms with Gasteiger partial charge in [0.05, 0.1) is 17.1 Å². The first-order valence-corrected chi connectivity index (χ1v) is 9.13. The van der Waals surface area contributed by atoms with Crippen molar-refractivity contribution in [1.29, 1.82) is 0 Å². The molecule has 2 aromatic carbocycles. The maximum atomic E-state index is 4.96. The molecule has 4 rings (SSSR count). The van der Waals surface area contributed by atoms with Crippen molar-refractivity contribution in [2.75, 3.05) is 20.1 Å². The summed E-state index contributed by atoms with van der Waals surface area (Å²) in [5.41, 5.74) is 3.52. The lowest BCUT2D eigenvalue weighted by atomic mass is 10.0. The van der Waals surface area contributed by atoms with E-state index in [1.807, 2.05) is 0 Å². The molecular weight excluding hydrogens is 308 g/mol. The van der Waals surface area contributed by atoms with E-state index in [4.69, 9.17) is 4.98 Å². The van der Waals surface area contributed by atoms with Gasteiger partial charge < -0.3 is 14.8 Å². The van der Waals surface area contributed by atoms with Gasteiger partial charge in [-0.25, -0.2) is 4.98 Å². The second-order valence-electron chi connectivity index (χ2n) is 7.11. The molecule has 0 bridgehead atoms. The van der Waals surface area contributed by atoms with E-state index >= 15 is 0 Å². The summed E-state index contributed by atoms with van der Waals surface area (Å²) in [6.45, 7) is 2.31. The van der Waals surface area contributed by atoms with Crippen LogP contribution in [0.25, 0.3) is 11.0 Å². The Morgan fingerprint density at radius 1 is 0.960 bits per heavy atom. The molecule has 0 aliphatic carbocycles. The predicted molar refractivity (Wildman–Crippen MR) is 103 cm³/mol. The van der Waals surface area contributed by atoms with Gasteiger partial charge >= 0.3 is 0 Å². The molecule has 0 spiro atoms. The van der Waals surface area contributed by atoms with Gasteiger partial charge in [-0.2, -0.15) is 0 Å². The molecule has 130 valence electrons. The first kappa shape index (κ1) is 16.3. The highest BCUT2D eigenvalue weighted by Crippen LogP contribution is 2.26. The van der Waals surface area contributed by atoms with Crippen LogP contribution >= 0.6 is 0 Å². The van der Waals surface area contributed by atoms with Gasteiger partial charge in [-0.05, 0) is 50.7 Å². The van der Waals surface area contributed by atoms with Crippen molar-refractivity contribution >= 4 is 11.0 Å². The van der Waals surface area contributed by atoms with Crippen molar-refractivity contribution in [2.45, 2.75) is 24.9 Å². The second-order valence-corrected chi connectivity index (χ2v) is 7.11. The molecule has 0 amide bonds. The number of likely N-dealkylation sites (tertiary alicyclic amines) is 1. The van der Waals surface area contributed by atoms with Crippen LogP contribution in [0, 0.1) is 0 Å². The number of nitrogens with zero attached hydrogens (tertiary/aromatic N) is 3. The van der Waals surface area contributed by atoms with Gasteiger partial charge in [-0.1, -0.05) is 42.5 Å². The number of aryl methyl sites for hydroxylation is 1. The minimum Gasteiger partial charge on any atom is -0.330 e. The number of aromatic nitrogens is 2. The van der Waals surface area contributed by atoms with E-state index in [-0.39, 0.29) is 6.04 Å². The summed E-state index contributed by atoms with van der Waals surface area (Å²) in [7, 11) is 4.33. The fourth-order valence-electron chi connectivity index (χ4n) is 3.80. The summed E-state index contributed by atoms with van der Waals surface area (Å²) in [5, 5.41) is 3.90. The van der Waals surface area contributed by atoms with Crippen molar-refractivity contribution < 1.29 is 0 Å². The SMILES string of the molecule is CN1CCC(NC(c2ccccc2)c2nc3ccccc3n2C)CC1. The van der Waals surface area contributed by atoms with Crippen LogP contribution < -0.4 is 5.32 Å². The lowest BCUT2D eigenvalue weighted by molar-refractivity contribution is 0.227. The molecule has 1 N–H and O–H groups in total. The van der Waals surface area contributed by atoms with Gasteiger partial charge in [0.15, 0.2) is 0 Å². The average molecular weight is 334 g/mol. The van der Waals surface area contributed by atoms with Crippen LogP contribution in [0.1, 0.15) is 30.3 Å². The summed E-state index contributed by atoms with van der Waals surface area (Å²) in [6.07, 6.45) is 2.37. The van der Waals surface area contributed by atoms with E-state index in [1.54, 1.807) is 0 Å². The van der Waals surface area contributed by atoms with Crippen molar-refractivity contribution in [3.8, 4) is 0 Å². The molecule has 0 radical (unpaired) electrons. The van der Waals surface area contributed by atoms with Gasteiger partial charge in [-0.15, -0.1) is 0 Å². The minimum atomic E-state index is 0.118. The zero-order valence-electron chi connectivity index (χ0n) is 15.0. The molecule has 1 saturated heterocycles. The molecular formula is C21H26N4. The van der Waals surface area contributed by atoms with Crippen LogP contribution in [-0.4, -0.2) is 40.6 Å².